The van der Waals surface area contributed by atoms with Gasteiger partial charge in [-0.15, -0.1) is 0 Å². The van der Waals surface area contributed by atoms with Crippen LogP contribution in [-0.4, -0.2) is 28.3 Å². The molecule has 0 saturated carbocycles. The first-order chi connectivity index (χ1) is 13.8. The number of rotatable bonds is 6. The van der Waals surface area contributed by atoms with Crippen LogP contribution in [-0.2, 0) is 9.53 Å². The van der Waals surface area contributed by atoms with Gasteiger partial charge in [0.2, 0.25) is 0 Å². The van der Waals surface area contributed by atoms with E-state index >= 15 is 0 Å². The Hall–Kier alpha value is -3.55. The van der Waals surface area contributed by atoms with Crippen LogP contribution < -0.4 is 5.32 Å². The van der Waals surface area contributed by atoms with Crippen molar-refractivity contribution in [1.29, 1.82) is 0 Å². The van der Waals surface area contributed by atoms with E-state index in [-0.39, 0.29) is 11.1 Å². The number of ether oxygens (including phenoxy) is 1. The maximum absolute atomic E-state index is 13.8. The number of aryl methyl sites for hydroxylation is 1. The van der Waals surface area contributed by atoms with Gasteiger partial charge in [-0.2, -0.15) is 5.10 Å². The zero-order valence-electron chi connectivity index (χ0n) is 15.9. The molecule has 0 radical (unpaired) electrons. The summed E-state index contributed by atoms with van der Waals surface area (Å²) in [6.45, 7) is 2.94. The second-order valence-corrected chi connectivity index (χ2v) is 6.46. The van der Waals surface area contributed by atoms with Crippen LogP contribution in [0.25, 0.3) is 5.69 Å². The number of hydrogen-bond donors (Lipinski definition) is 1. The number of aromatic nitrogens is 2. The highest BCUT2D eigenvalue weighted by Crippen LogP contribution is 2.17. The van der Waals surface area contributed by atoms with Gasteiger partial charge in [0.15, 0.2) is 6.61 Å². The van der Waals surface area contributed by atoms with Crippen molar-refractivity contribution < 1.29 is 23.1 Å². The van der Waals surface area contributed by atoms with Crippen molar-refractivity contribution in [1.82, 2.24) is 15.1 Å². The molecule has 8 heteroatoms. The van der Waals surface area contributed by atoms with Crippen molar-refractivity contribution in [2.45, 2.75) is 19.9 Å². The van der Waals surface area contributed by atoms with E-state index in [1.54, 1.807) is 42.1 Å². The Bertz CT molecular complexity index is 1030. The van der Waals surface area contributed by atoms with Gasteiger partial charge >= 0.3 is 5.97 Å². The molecule has 0 bridgehead atoms. The Morgan fingerprint density at radius 3 is 2.48 bits per heavy atom. The molecule has 0 aliphatic rings. The lowest BCUT2D eigenvalue weighted by Crippen LogP contribution is -2.31. The molecule has 1 amide bonds. The molecule has 0 aliphatic heterocycles. The fourth-order valence-corrected chi connectivity index (χ4v) is 2.81. The fourth-order valence-electron chi connectivity index (χ4n) is 2.81. The molecule has 0 unspecified atom stereocenters. The summed E-state index contributed by atoms with van der Waals surface area (Å²) in [4.78, 5) is 24.1. The second kappa shape index (κ2) is 8.64. The average molecular weight is 399 g/mol. The summed E-state index contributed by atoms with van der Waals surface area (Å²) in [6.07, 6.45) is 1.68. The van der Waals surface area contributed by atoms with Crippen molar-refractivity contribution >= 4 is 11.9 Å². The standard InChI is InChI=1S/C21H19F2N3O3/c1-13-9-10-24-26(13)17-6-3-15(4-7-17)21(28)29-12-20(27)25-14(2)18-8-5-16(22)11-19(18)23/h3-11,14H,12H2,1-2H3,(H,25,27)/t14-/m0/s1. The summed E-state index contributed by atoms with van der Waals surface area (Å²) < 4.78 is 33.5. The van der Waals surface area contributed by atoms with Crippen LogP contribution >= 0.6 is 0 Å². The normalized spacial score (nSPS) is 11.7. The van der Waals surface area contributed by atoms with Crippen molar-refractivity contribution in [3.05, 3.63) is 83.2 Å². The largest absolute Gasteiger partial charge is 0.452 e. The Morgan fingerprint density at radius 1 is 1.14 bits per heavy atom. The zero-order valence-corrected chi connectivity index (χ0v) is 15.9. The van der Waals surface area contributed by atoms with E-state index in [0.29, 0.717) is 0 Å². The van der Waals surface area contributed by atoms with Crippen molar-refractivity contribution in [3.8, 4) is 5.69 Å². The number of nitrogens with one attached hydrogen (secondary N) is 1. The number of carbonyl (C=O) groups excluding carboxylic acids is 2. The first-order valence-electron chi connectivity index (χ1n) is 8.87. The number of amides is 1. The predicted octanol–water partition coefficient (Wildman–Crippen LogP) is 3.49. The molecule has 1 N–H and O–H groups in total. The topological polar surface area (TPSA) is 73.2 Å². The zero-order chi connectivity index (χ0) is 21.0. The number of esters is 1. The lowest BCUT2D eigenvalue weighted by molar-refractivity contribution is -0.124. The summed E-state index contributed by atoms with van der Waals surface area (Å²) in [5.41, 5.74) is 2.15. The molecule has 29 heavy (non-hydrogen) atoms. The Morgan fingerprint density at radius 2 is 1.86 bits per heavy atom. The molecule has 1 aromatic heterocycles. The van der Waals surface area contributed by atoms with Crippen LogP contribution in [0, 0.1) is 18.6 Å². The van der Waals surface area contributed by atoms with Gasteiger partial charge < -0.3 is 10.1 Å². The third-order valence-corrected chi connectivity index (χ3v) is 4.32. The number of hydrogen-bond acceptors (Lipinski definition) is 4. The SMILES string of the molecule is Cc1ccnn1-c1ccc(C(=O)OCC(=O)N[C@@H](C)c2ccc(F)cc2F)cc1. The van der Waals surface area contributed by atoms with E-state index in [4.69, 9.17) is 4.74 Å². The third kappa shape index (κ3) is 4.84. The number of benzene rings is 2. The maximum atomic E-state index is 13.8. The number of carbonyl (C=O) groups is 2. The van der Waals surface area contributed by atoms with Gasteiger partial charge in [-0.25, -0.2) is 18.3 Å². The molecule has 3 rings (SSSR count). The summed E-state index contributed by atoms with van der Waals surface area (Å²) in [5.74, 6) is -2.72. The van der Waals surface area contributed by atoms with Gasteiger partial charge in [0.25, 0.3) is 5.91 Å². The summed E-state index contributed by atoms with van der Waals surface area (Å²) in [6, 6.07) is 10.8. The van der Waals surface area contributed by atoms with Crippen LogP contribution in [0.3, 0.4) is 0 Å². The second-order valence-electron chi connectivity index (χ2n) is 6.46. The lowest BCUT2D eigenvalue weighted by atomic mass is 10.1. The molecular formula is C21H19F2N3O3. The molecule has 1 atom stereocenters. The predicted molar refractivity (Wildman–Crippen MR) is 101 cm³/mol. The van der Waals surface area contributed by atoms with Crippen molar-refractivity contribution in [3.63, 3.8) is 0 Å². The smallest absolute Gasteiger partial charge is 0.338 e. The van der Waals surface area contributed by atoms with Crippen molar-refractivity contribution in [2.75, 3.05) is 6.61 Å². The van der Waals surface area contributed by atoms with E-state index in [0.717, 1.165) is 23.5 Å². The Labute approximate surface area is 166 Å². The number of halogens is 2. The van der Waals surface area contributed by atoms with E-state index in [1.165, 1.54) is 6.07 Å². The summed E-state index contributed by atoms with van der Waals surface area (Å²) in [7, 11) is 0. The first kappa shape index (κ1) is 20.2. The van der Waals surface area contributed by atoms with Crippen LogP contribution in [0.1, 0.15) is 34.6 Å². The fraction of sp³-hybridized carbons (Fsp3) is 0.190. The molecule has 0 aliphatic carbocycles. The molecule has 150 valence electrons. The number of nitrogens with zero attached hydrogens (tertiary/aromatic N) is 2. The molecule has 0 fully saturated rings. The minimum absolute atomic E-state index is 0.135. The van der Waals surface area contributed by atoms with E-state index in [9.17, 15) is 18.4 Å². The van der Waals surface area contributed by atoms with Crippen LogP contribution in [0.2, 0.25) is 0 Å². The average Bonchev–Trinajstić information content (AvgIpc) is 3.12. The van der Waals surface area contributed by atoms with Gasteiger partial charge in [0, 0.05) is 23.5 Å². The minimum atomic E-state index is -0.762. The van der Waals surface area contributed by atoms with Gasteiger partial charge in [-0.1, -0.05) is 6.07 Å². The molecule has 3 aromatic rings. The Kier molecular flexibility index (Phi) is 6.01. The quantitative estimate of drug-likeness (QED) is 0.644. The lowest BCUT2D eigenvalue weighted by Gasteiger charge is -2.15. The Balaban J connectivity index is 1.54. The minimum Gasteiger partial charge on any atom is -0.452 e. The highest BCUT2D eigenvalue weighted by Gasteiger charge is 2.16. The van der Waals surface area contributed by atoms with E-state index < -0.39 is 36.2 Å². The van der Waals surface area contributed by atoms with E-state index in [2.05, 4.69) is 10.4 Å². The maximum Gasteiger partial charge on any atom is 0.338 e. The monoisotopic (exact) mass is 399 g/mol. The molecule has 2 aromatic carbocycles. The highest BCUT2D eigenvalue weighted by atomic mass is 19.1. The molecule has 0 spiro atoms. The third-order valence-electron chi connectivity index (χ3n) is 4.32. The molecule has 1 heterocycles. The van der Waals surface area contributed by atoms with Gasteiger partial charge in [0.05, 0.1) is 17.3 Å². The summed E-state index contributed by atoms with van der Waals surface area (Å²) in [5, 5.41) is 6.69. The van der Waals surface area contributed by atoms with Gasteiger partial charge in [-0.3, -0.25) is 4.79 Å². The van der Waals surface area contributed by atoms with Gasteiger partial charge in [-0.05, 0) is 50.2 Å². The molecule has 0 saturated heterocycles. The van der Waals surface area contributed by atoms with E-state index in [1.807, 2.05) is 13.0 Å². The van der Waals surface area contributed by atoms with Crippen LogP contribution in [0.5, 0.6) is 0 Å². The first-order valence-corrected chi connectivity index (χ1v) is 8.87. The summed E-state index contributed by atoms with van der Waals surface area (Å²) >= 11 is 0. The molecular weight excluding hydrogens is 380 g/mol. The van der Waals surface area contributed by atoms with Gasteiger partial charge in [0.1, 0.15) is 11.6 Å². The molecule has 6 nitrogen and oxygen atoms in total. The van der Waals surface area contributed by atoms with Crippen LogP contribution in [0.15, 0.2) is 54.7 Å². The van der Waals surface area contributed by atoms with Crippen LogP contribution in [0.4, 0.5) is 8.78 Å². The highest BCUT2D eigenvalue weighted by molar-refractivity contribution is 5.91. The van der Waals surface area contributed by atoms with Crippen molar-refractivity contribution in [2.24, 2.45) is 0 Å².